The zero-order valence-electron chi connectivity index (χ0n) is 18.3. The van der Waals surface area contributed by atoms with Crippen molar-refractivity contribution in [2.45, 2.75) is 39.3 Å². The second kappa shape index (κ2) is 10.0. The van der Waals surface area contributed by atoms with Gasteiger partial charge in [0.15, 0.2) is 11.5 Å². The molecule has 0 saturated heterocycles. The minimum absolute atomic E-state index is 0.361. The lowest BCUT2D eigenvalue weighted by atomic mass is 9.93. The third-order valence-corrected chi connectivity index (χ3v) is 5.09. The van der Waals surface area contributed by atoms with Crippen LogP contribution in [-0.2, 0) is 16.1 Å². The van der Waals surface area contributed by atoms with Gasteiger partial charge in [-0.15, -0.1) is 0 Å². The van der Waals surface area contributed by atoms with E-state index in [0.29, 0.717) is 41.4 Å². The number of urea groups is 1. The summed E-state index contributed by atoms with van der Waals surface area (Å²) in [6, 6.07) is 12.5. The molecule has 164 valence electrons. The van der Waals surface area contributed by atoms with E-state index in [1.54, 1.807) is 19.2 Å². The van der Waals surface area contributed by atoms with Gasteiger partial charge in [0.05, 0.1) is 25.8 Å². The van der Waals surface area contributed by atoms with Gasteiger partial charge >= 0.3 is 12.0 Å². The van der Waals surface area contributed by atoms with Crippen LogP contribution in [0.1, 0.15) is 42.5 Å². The molecular weight excluding hydrogens is 396 g/mol. The minimum Gasteiger partial charge on any atom is -0.493 e. The van der Waals surface area contributed by atoms with E-state index in [0.717, 1.165) is 12.0 Å². The summed E-state index contributed by atoms with van der Waals surface area (Å²) in [4.78, 5) is 24.7. The summed E-state index contributed by atoms with van der Waals surface area (Å²) in [7, 11) is 2.88. The molecule has 2 aromatic carbocycles. The predicted molar refractivity (Wildman–Crippen MR) is 117 cm³/mol. The molecule has 1 heterocycles. The summed E-state index contributed by atoms with van der Waals surface area (Å²) in [6.07, 6.45) is 1.33. The second-order valence-corrected chi connectivity index (χ2v) is 7.35. The van der Waals surface area contributed by atoms with Gasteiger partial charge in [-0.25, -0.2) is 9.59 Å². The number of rotatable bonds is 8. The summed E-state index contributed by atoms with van der Waals surface area (Å²) in [6.45, 7) is 4.41. The van der Waals surface area contributed by atoms with Crippen molar-refractivity contribution in [2.24, 2.45) is 0 Å². The number of carbonyl (C=O) groups excluding carboxylic acids is 2. The third-order valence-electron chi connectivity index (χ3n) is 5.09. The molecule has 0 saturated carbocycles. The first-order valence-electron chi connectivity index (χ1n) is 10.2. The van der Waals surface area contributed by atoms with E-state index in [1.165, 1.54) is 12.7 Å². The molecule has 7 heteroatoms. The fourth-order valence-electron chi connectivity index (χ4n) is 3.49. The highest BCUT2D eigenvalue weighted by atomic mass is 16.5. The number of nitrogens with one attached hydrogen (secondary N) is 2. The Morgan fingerprint density at radius 2 is 1.81 bits per heavy atom. The van der Waals surface area contributed by atoms with Crippen LogP contribution in [0.4, 0.5) is 4.79 Å². The van der Waals surface area contributed by atoms with Gasteiger partial charge in [-0.05, 0) is 36.6 Å². The molecule has 0 aromatic heterocycles. The predicted octanol–water partition coefficient (Wildman–Crippen LogP) is 4.16. The van der Waals surface area contributed by atoms with Crippen LogP contribution in [0.3, 0.4) is 0 Å². The van der Waals surface area contributed by atoms with Crippen molar-refractivity contribution >= 4 is 12.0 Å². The Labute approximate surface area is 182 Å². The number of methoxy groups -OCH3 is 2. The lowest BCUT2D eigenvalue weighted by molar-refractivity contribution is -0.136. The number of aryl methyl sites for hydroxylation is 1. The van der Waals surface area contributed by atoms with Gasteiger partial charge in [0.25, 0.3) is 0 Å². The summed E-state index contributed by atoms with van der Waals surface area (Å²) in [5.74, 6) is 0.600. The minimum atomic E-state index is -0.650. The topological polar surface area (TPSA) is 85.9 Å². The van der Waals surface area contributed by atoms with Crippen molar-refractivity contribution in [1.29, 1.82) is 0 Å². The molecule has 2 N–H and O–H groups in total. The van der Waals surface area contributed by atoms with E-state index in [2.05, 4.69) is 10.6 Å². The van der Waals surface area contributed by atoms with E-state index >= 15 is 0 Å². The third kappa shape index (κ3) is 5.17. The van der Waals surface area contributed by atoms with Crippen molar-refractivity contribution in [3.05, 3.63) is 70.4 Å². The molecule has 2 amide bonds. The van der Waals surface area contributed by atoms with E-state index in [4.69, 9.17) is 14.2 Å². The number of hydrogen-bond donors (Lipinski definition) is 2. The lowest BCUT2D eigenvalue weighted by Gasteiger charge is -2.29. The first-order chi connectivity index (χ1) is 15.0. The van der Waals surface area contributed by atoms with Gasteiger partial charge in [-0.2, -0.15) is 0 Å². The molecule has 2 aromatic rings. The molecular formula is C24H28N2O5. The standard InChI is InChI=1S/C24H28N2O5/c1-5-6-18-21(23(27)30-4)22(26-24(28)25-18)17-11-12-19(20(13-17)29-3)31-14-16-9-7-15(2)8-10-16/h7-13,22H,5-6,14H2,1-4H3,(H2,25,26,28). The Bertz CT molecular complexity index is 982. The van der Waals surface area contributed by atoms with Crippen LogP contribution in [0.15, 0.2) is 53.7 Å². The largest absolute Gasteiger partial charge is 0.493 e. The van der Waals surface area contributed by atoms with Crippen LogP contribution in [-0.4, -0.2) is 26.2 Å². The van der Waals surface area contributed by atoms with E-state index in [9.17, 15) is 9.59 Å². The van der Waals surface area contributed by atoms with Crippen LogP contribution in [0.5, 0.6) is 11.5 Å². The summed E-state index contributed by atoms with van der Waals surface area (Å²) >= 11 is 0. The Morgan fingerprint density at radius 1 is 1.06 bits per heavy atom. The molecule has 31 heavy (non-hydrogen) atoms. The molecule has 1 aliphatic rings. The summed E-state index contributed by atoms with van der Waals surface area (Å²) < 4.78 is 16.5. The quantitative estimate of drug-likeness (QED) is 0.622. The smallest absolute Gasteiger partial charge is 0.337 e. The molecule has 0 aliphatic carbocycles. The van der Waals surface area contributed by atoms with Crippen LogP contribution in [0.25, 0.3) is 0 Å². The fourth-order valence-corrected chi connectivity index (χ4v) is 3.49. The van der Waals surface area contributed by atoms with Crippen LogP contribution in [0.2, 0.25) is 0 Å². The molecule has 0 spiro atoms. The van der Waals surface area contributed by atoms with Crippen molar-refractivity contribution < 1.29 is 23.8 Å². The molecule has 7 nitrogen and oxygen atoms in total. The maximum atomic E-state index is 12.5. The molecule has 0 bridgehead atoms. The van der Waals surface area contributed by atoms with Crippen LogP contribution in [0, 0.1) is 6.92 Å². The number of allylic oxidation sites excluding steroid dienone is 1. The SMILES string of the molecule is CCCC1=C(C(=O)OC)C(c2ccc(OCc3ccc(C)cc3)c(OC)c2)NC(=O)N1. The van der Waals surface area contributed by atoms with E-state index < -0.39 is 12.0 Å². The van der Waals surface area contributed by atoms with E-state index in [-0.39, 0.29) is 6.03 Å². The fraction of sp³-hybridized carbons (Fsp3) is 0.333. The Morgan fingerprint density at radius 3 is 2.45 bits per heavy atom. The Balaban J connectivity index is 1.90. The number of ether oxygens (including phenoxy) is 3. The van der Waals surface area contributed by atoms with Gasteiger partial charge in [0, 0.05) is 5.70 Å². The first-order valence-corrected chi connectivity index (χ1v) is 10.2. The number of benzene rings is 2. The average Bonchev–Trinajstić information content (AvgIpc) is 2.78. The number of hydrogen-bond acceptors (Lipinski definition) is 5. The van der Waals surface area contributed by atoms with Gasteiger partial charge in [-0.3, -0.25) is 0 Å². The van der Waals surface area contributed by atoms with Crippen molar-refractivity contribution in [1.82, 2.24) is 10.6 Å². The van der Waals surface area contributed by atoms with E-state index in [1.807, 2.05) is 44.2 Å². The molecule has 3 rings (SSSR count). The van der Waals surface area contributed by atoms with Gasteiger partial charge in [0.2, 0.25) is 0 Å². The maximum Gasteiger partial charge on any atom is 0.337 e. The monoisotopic (exact) mass is 424 g/mol. The summed E-state index contributed by atoms with van der Waals surface area (Å²) in [5.41, 5.74) is 3.89. The van der Waals surface area contributed by atoms with Crippen molar-refractivity contribution in [3.63, 3.8) is 0 Å². The highest BCUT2D eigenvalue weighted by Gasteiger charge is 2.33. The molecule has 0 fully saturated rings. The van der Waals surface area contributed by atoms with Crippen LogP contribution < -0.4 is 20.1 Å². The zero-order chi connectivity index (χ0) is 22.4. The van der Waals surface area contributed by atoms with Gasteiger partial charge in [-0.1, -0.05) is 49.2 Å². The van der Waals surface area contributed by atoms with Gasteiger partial charge in [0.1, 0.15) is 6.61 Å². The lowest BCUT2D eigenvalue weighted by Crippen LogP contribution is -2.45. The maximum absolute atomic E-state index is 12.5. The highest BCUT2D eigenvalue weighted by Crippen LogP contribution is 2.35. The normalized spacial score (nSPS) is 15.7. The number of carbonyl (C=O) groups is 2. The second-order valence-electron chi connectivity index (χ2n) is 7.35. The summed E-state index contributed by atoms with van der Waals surface area (Å²) in [5, 5.41) is 5.55. The first kappa shape index (κ1) is 22.2. The highest BCUT2D eigenvalue weighted by molar-refractivity contribution is 5.95. The molecule has 1 unspecified atom stereocenters. The van der Waals surface area contributed by atoms with Crippen LogP contribution >= 0.6 is 0 Å². The molecule has 1 aliphatic heterocycles. The van der Waals surface area contributed by atoms with Crippen molar-refractivity contribution in [2.75, 3.05) is 14.2 Å². The number of esters is 1. The Hall–Kier alpha value is -3.48. The average molecular weight is 424 g/mol. The number of amides is 2. The zero-order valence-corrected chi connectivity index (χ0v) is 18.3. The molecule has 1 atom stereocenters. The Kier molecular flexibility index (Phi) is 7.18. The molecule has 0 radical (unpaired) electrons. The van der Waals surface area contributed by atoms with Gasteiger partial charge < -0.3 is 24.8 Å². The van der Waals surface area contributed by atoms with Crippen molar-refractivity contribution in [3.8, 4) is 11.5 Å².